The molecule has 0 aromatic heterocycles. The Bertz CT molecular complexity index is 443. The van der Waals surface area contributed by atoms with Crippen molar-refractivity contribution in [2.45, 2.75) is 25.8 Å². The SMILES string of the molecule is CC(C)(CC(=O)O)NC(=O)Nc1ccc(Cl)cc1. The average Bonchev–Trinajstić information content (AvgIpc) is 2.18. The Balaban J connectivity index is 2.56. The van der Waals surface area contributed by atoms with Crippen LogP contribution >= 0.6 is 11.6 Å². The van der Waals surface area contributed by atoms with Crippen LogP contribution in [0.2, 0.25) is 5.02 Å². The highest BCUT2D eigenvalue weighted by Crippen LogP contribution is 2.14. The first kappa shape index (κ1) is 14.3. The maximum absolute atomic E-state index is 11.6. The molecule has 0 radical (unpaired) electrons. The Labute approximate surface area is 110 Å². The van der Waals surface area contributed by atoms with Crippen LogP contribution in [0.4, 0.5) is 10.5 Å². The summed E-state index contributed by atoms with van der Waals surface area (Å²) in [7, 11) is 0. The highest BCUT2D eigenvalue weighted by molar-refractivity contribution is 6.30. The Morgan fingerprint density at radius 1 is 1.28 bits per heavy atom. The third-order valence-corrected chi connectivity index (χ3v) is 2.40. The number of carbonyl (C=O) groups excluding carboxylic acids is 1. The standard InChI is InChI=1S/C12H15ClN2O3/c1-12(2,7-10(16)17)15-11(18)14-9-5-3-8(13)4-6-9/h3-6H,7H2,1-2H3,(H,16,17)(H2,14,15,18). The second-order valence-corrected chi connectivity index (χ2v) is 4.98. The van der Waals surface area contributed by atoms with Crippen molar-refractivity contribution in [1.82, 2.24) is 5.32 Å². The first-order valence-electron chi connectivity index (χ1n) is 5.35. The van der Waals surface area contributed by atoms with Crippen LogP contribution in [-0.2, 0) is 4.79 Å². The molecule has 0 aliphatic heterocycles. The Kier molecular flexibility index (Phi) is 4.55. The number of nitrogens with one attached hydrogen (secondary N) is 2. The van der Waals surface area contributed by atoms with Crippen molar-refractivity contribution in [1.29, 1.82) is 0 Å². The summed E-state index contributed by atoms with van der Waals surface area (Å²) in [5.41, 5.74) is -0.231. The van der Waals surface area contributed by atoms with Crippen LogP contribution in [0, 0.1) is 0 Å². The minimum atomic E-state index is -0.966. The first-order chi connectivity index (χ1) is 8.28. The molecular formula is C12H15ClN2O3. The zero-order valence-corrected chi connectivity index (χ0v) is 10.9. The molecule has 0 saturated carbocycles. The maximum Gasteiger partial charge on any atom is 0.319 e. The van der Waals surface area contributed by atoms with E-state index in [2.05, 4.69) is 10.6 Å². The lowest BCUT2D eigenvalue weighted by Gasteiger charge is -2.24. The molecule has 0 saturated heterocycles. The van der Waals surface area contributed by atoms with E-state index in [-0.39, 0.29) is 6.42 Å². The van der Waals surface area contributed by atoms with Crippen molar-refractivity contribution in [3.63, 3.8) is 0 Å². The molecule has 2 amide bonds. The van der Waals surface area contributed by atoms with Crippen molar-refractivity contribution < 1.29 is 14.7 Å². The molecule has 98 valence electrons. The summed E-state index contributed by atoms with van der Waals surface area (Å²) >= 11 is 5.72. The molecule has 1 aromatic rings. The summed E-state index contributed by atoms with van der Waals surface area (Å²) in [6.45, 7) is 3.28. The van der Waals surface area contributed by atoms with E-state index in [0.717, 1.165) is 0 Å². The molecule has 5 nitrogen and oxygen atoms in total. The van der Waals surface area contributed by atoms with Gasteiger partial charge in [0, 0.05) is 16.2 Å². The largest absolute Gasteiger partial charge is 0.481 e. The second kappa shape index (κ2) is 5.73. The van der Waals surface area contributed by atoms with Crippen LogP contribution in [-0.4, -0.2) is 22.6 Å². The molecule has 1 aromatic carbocycles. The van der Waals surface area contributed by atoms with Crippen LogP contribution in [0.3, 0.4) is 0 Å². The maximum atomic E-state index is 11.6. The fraction of sp³-hybridized carbons (Fsp3) is 0.333. The highest BCUT2D eigenvalue weighted by Gasteiger charge is 2.23. The fourth-order valence-electron chi connectivity index (χ4n) is 1.43. The number of rotatable bonds is 4. The molecule has 0 fully saturated rings. The van der Waals surface area contributed by atoms with E-state index < -0.39 is 17.5 Å². The Morgan fingerprint density at radius 2 is 1.83 bits per heavy atom. The van der Waals surface area contributed by atoms with Gasteiger partial charge in [-0.25, -0.2) is 4.79 Å². The summed E-state index contributed by atoms with van der Waals surface area (Å²) in [5, 5.41) is 14.5. The molecule has 18 heavy (non-hydrogen) atoms. The summed E-state index contributed by atoms with van der Waals surface area (Å²) in [6.07, 6.45) is -0.152. The molecule has 0 aliphatic rings. The number of carboxylic acid groups (broad SMARTS) is 1. The van der Waals surface area contributed by atoms with Gasteiger partial charge < -0.3 is 15.7 Å². The number of aliphatic carboxylic acids is 1. The normalized spacial score (nSPS) is 10.8. The van der Waals surface area contributed by atoms with Crippen LogP contribution in [0.25, 0.3) is 0 Å². The topological polar surface area (TPSA) is 78.4 Å². The number of anilines is 1. The minimum absolute atomic E-state index is 0.152. The highest BCUT2D eigenvalue weighted by atomic mass is 35.5. The van der Waals surface area contributed by atoms with Gasteiger partial charge in [0.2, 0.25) is 0 Å². The van der Waals surface area contributed by atoms with Gasteiger partial charge in [0.1, 0.15) is 0 Å². The number of carboxylic acids is 1. The molecular weight excluding hydrogens is 256 g/mol. The molecule has 6 heteroatoms. The molecule has 0 unspecified atom stereocenters. The number of amides is 2. The van der Waals surface area contributed by atoms with Gasteiger partial charge in [0.15, 0.2) is 0 Å². The monoisotopic (exact) mass is 270 g/mol. The number of hydrogen-bond acceptors (Lipinski definition) is 2. The van der Waals surface area contributed by atoms with Gasteiger partial charge in [-0.15, -0.1) is 0 Å². The zero-order valence-electron chi connectivity index (χ0n) is 10.2. The lowest BCUT2D eigenvalue weighted by Crippen LogP contribution is -2.46. The van der Waals surface area contributed by atoms with Gasteiger partial charge in [-0.1, -0.05) is 11.6 Å². The number of hydrogen-bond donors (Lipinski definition) is 3. The number of halogens is 1. The van der Waals surface area contributed by atoms with E-state index in [1.54, 1.807) is 38.1 Å². The van der Waals surface area contributed by atoms with Gasteiger partial charge in [-0.05, 0) is 38.1 Å². The molecule has 0 atom stereocenters. The fourth-order valence-corrected chi connectivity index (χ4v) is 1.55. The smallest absolute Gasteiger partial charge is 0.319 e. The van der Waals surface area contributed by atoms with Gasteiger partial charge in [0.05, 0.1) is 6.42 Å². The van der Waals surface area contributed by atoms with E-state index in [9.17, 15) is 9.59 Å². The molecule has 1 rings (SSSR count). The predicted molar refractivity (Wildman–Crippen MR) is 69.9 cm³/mol. The lowest BCUT2D eigenvalue weighted by molar-refractivity contribution is -0.138. The van der Waals surface area contributed by atoms with E-state index in [1.807, 2.05) is 0 Å². The minimum Gasteiger partial charge on any atom is -0.481 e. The Morgan fingerprint density at radius 3 is 2.33 bits per heavy atom. The second-order valence-electron chi connectivity index (χ2n) is 4.54. The first-order valence-corrected chi connectivity index (χ1v) is 5.73. The van der Waals surface area contributed by atoms with Crippen molar-refractivity contribution in [2.24, 2.45) is 0 Å². The predicted octanol–water partition coefficient (Wildman–Crippen LogP) is 2.71. The average molecular weight is 271 g/mol. The van der Waals surface area contributed by atoms with Crippen LogP contribution in [0.15, 0.2) is 24.3 Å². The summed E-state index contributed by atoms with van der Waals surface area (Å²) in [5.74, 6) is -0.966. The Hall–Kier alpha value is -1.75. The van der Waals surface area contributed by atoms with Crippen LogP contribution in [0.1, 0.15) is 20.3 Å². The van der Waals surface area contributed by atoms with Crippen LogP contribution < -0.4 is 10.6 Å². The molecule has 3 N–H and O–H groups in total. The summed E-state index contributed by atoms with van der Waals surface area (Å²) in [6, 6.07) is 6.17. The third kappa shape index (κ3) is 5.05. The molecule has 0 bridgehead atoms. The van der Waals surface area contributed by atoms with E-state index >= 15 is 0 Å². The van der Waals surface area contributed by atoms with E-state index in [1.165, 1.54) is 0 Å². The van der Waals surface area contributed by atoms with E-state index in [0.29, 0.717) is 10.7 Å². The molecule has 0 heterocycles. The number of benzene rings is 1. The van der Waals surface area contributed by atoms with Gasteiger partial charge >= 0.3 is 12.0 Å². The van der Waals surface area contributed by atoms with E-state index in [4.69, 9.17) is 16.7 Å². The summed E-state index contributed by atoms with van der Waals surface area (Å²) < 4.78 is 0. The van der Waals surface area contributed by atoms with Gasteiger partial charge in [-0.2, -0.15) is 0 Å². The van der Waals surface area contributed by atoms with Crippen molar-refractivity contribution >= 4 is 29.3 Å². The number of carbonyl (C=O) groups is 2. The number of urea groups is 1. The van der Waals surface area contributed by atoms with Gasteiger partial charge in [0.25, 0.3) is 0 Å². The third-order valence-electron chi connectivity index (χ3n) is 2.15. The van der Waals surface area contributed by atoms with Crippen molar-refractivity contribution in [2.75, 3.05) is 5.32 Å². The lowest BCUT2D eigenvalue weighted by atomic mass is 10.0. The zero-order chi connectivity index (χ0) is 13.8. The van der Waals surface area contributed by atoms with Gasteiger partial charge in [-0.3, -0.25) is 4.79 Å². The molecule has 0 spiro atoms. The quantitative estimate of drug-likeness (QED) is 0.787. The van der Waals surface area contributed by atoms with Crippen LogP contribution in [0.5, 0.6) is 0 Å². The van der Waals surface area contributed by atoms with Crippen molar-refractivity contribution in [3.8, 4) is 0 Å². The summed E-state index contributed by atoms with van der Waals surface area (Å²) in [4.78, 5) is 22.3. The van der Waals surface area contributed by atoms with Crippen molar-refractivity contribution in [3.05, 3.63) is 29.3 Å². The molecule has 0 aliphatic carbocycles.